The summed E-state index contributed by atoms with van der Waals surface area (Å²) in [7, 11) is 0. The lowest BCUT2D eigenvalue weighted by Crippen LogP contribution is -2.09. The molecule has 56 heavy (non-hydrogen) atoms. The maximum absolute atomic E-state index is 6.82. The Morgan fingerprint density at radius 2 is 0.839 bits per heavy atom. The number of fused-ring (bicyclic) bond motifs is 9. The van der Waals surface area contributed by atoms with E-state index in [1.54, 1.807) is 0 Å². The Labute approximate surface area is 322 Å². The molecule has 9 aromatic carbocycles. The van der Waals surface area contributed by atoms with Crippen molar-refractivity contribution in [3.8, 4) is 11.5 Å². The molecular formula is C51H33N3O2. The van der Waals surface area contributed by atoms with Crippen molar-refractivity contribution < 1.29 is 8.83 Å². The highest BCUT2D eigenvalue weighted by Gasteiger charge is 2.21. The Morgan fingerprint density at radius 3 is 1.54 bits per heavy atom. The van der Waals surface area contributed by atoms with Gasteiger partial charge < -0.3 is 18.6 Å². The highest BCUT2D eigenvalue weighted by molar-refractivity contribution is 6.23. The van der Waals surface area contributed by atoms with Crippen molar-refractivity contribution >= 4 is 88.7 Å². The average Bonchev–Trinajstić information content (AvgIpc) is 3.88. The lowest BCUT2D eigenvalue weighted by Gasteiger charge is -2.25. The Morgan fingerprint density at radius 1 is 0.321 bits per heavy atom. The van der Waals surface area contributed by atoms with Gasteiger partial charge in [0.2, 0.25) is 5.89 Å². The van der Waals surface area contributed by atoms with E-state index in [-0.39, 0.29) is 0 Å². The van der Waals surface area contributed by atoms with Gasteiger partial charge in [-0.2, -0.15) is 0 Å². The number of benzene rings is 9. The molecule has 0 saturated carbocycles. The highest BCUT2D eigenvalue weighted by atomic mass is 16.3. The predicted molar refractivity (Wildman–Crippen MR) is 231 cm³/mol. The zero-order valence-corrected chi connectivity index (χ0v) is 30.2. The smallest absolute Gasteiger partial charge is 0.227 e. The third kappa shape index (κ3) is 5.29. The summed E-state index contributed by atoms with van der Waals surface area (Å²) in [5.74, 6) is 0.569. The minimum Gasteiger partial charge on any atom is -0.456 e. The predicted octanol–water partition coefficient (Wildman–Crippen LogP) is 14.6. The maximum atomic E-state index is 6.82. The second-order valence-electron chi connectivity index (χ2n) is 14.0. The van der Waals surface area contributed by atoms with E-state index in [1.807, 2.05) is 24.3 Å². The molecule has 0 bridgehead atoms. The molecule has 0 spiro atoms. The number of anilines is 6. The van der Waals surface area contributed by atoms with Crippen molar-refractivity contribution in [3.63, 3.8) is 0 Å². The molecule has 5 nitrogen and oxygen atoms in total. The van der Waals surface area contributed by atoms with Crippen LogP contribution in [0.25, 0.3) is 66.0 Å². The van der Waals surface area contributed by atoms with Gasteiger partial charge in [0.25, 0.3) is 0 Å². The minimum atomic E-state index is 0.569. The Bertz CT molecular complexity index is 3170. The molecule has 0 N–H and O–H groups in total. The average molecular weight is 720 g/mol. The molecule has 0 aliphatic carbocycles. The second-order valence-corrected chi connectivity index (χ2v) is 14.0. The molecule has 264 valence electrons. The van der Waals surface area contributed by atoms with Crippen molar-refractivity contribution in [2.45, 2.75) is 0 Å². The van der Waals surface area contributed by atoms with E-state index in [9.17, 15) is 0 Å². The van der Waals surface area contributed by atoms with Gasteiger partial charge in [-0.15, -0.1) is 0 Å². The highest BCUT2D eigenvalue weighted by Crippen LogP contribution is 2.43. The van der Waals surface area contributed by atoms with Crippen LogP contribution in [0.2, 0.25) is 0 Å². The van der Waals surface area contributed by atoms with Crippen LogP contribution in [0.5, 0.6) is 0 Å². The molecule has 0 amide bonds. The molecule has 11 aromatic rings. The van der Waals surface area contributed by atoms with Crippen molar-refractivity contribution in [2.24, 2.45) is 0 Å². The molecule has 0 aliphatic heterocycles. The quantitative estimate of drug-likeness (QED) is 0.153. The number of oxazole rings is 1. The standard InChI is InChI=1S/C51H33N3O2/c1-4-16-35(17-5-1)53(36-18-6-2-7-19-36)39-28-30-45-46(32-39)41-23-10-11-25-44(41)49-50(45)56-51(52-49)34-15-14-22-38(31-34)54(37-20-8-3-9-21-37)40-27-29-43-42-24-12-13-26-47(42)55-48(43)33-40/h1-33H. The fourth-order valence-corrected chi connectivity index (χ4v) is 8.08. The summed E-state index contributed by atoms with van der Waals surface area (Å²) in [6, 6.07) is 69.5. The van der Waals surface area contributed by atoms with Gasteiger partial charge >= 0.3 is 0 Å². The lowest BCUT2D eigenvalue weighted by atomic mass is 9.99. The number of furan rings is 1. The van der Waals surface area contributed by atoms with Crippen LogP contribution in [0.3, 0.4) is 0 Å². The van der Waals surface area contributed by atoms with Crippen LogP contribution in [-0.4, -0.2) is 4.98 Å². The number of hydrogen-bond acceptors (Lipinski definition) is 5. The molecule has 0 aliphatic rings. The van der Waals surface area contributed by atoms with Crippen molar-refractivity contribution in [1.82, 2.24) is 4.98 Å². The molecule has 0 atom stereocenters. The molecule has 5 heteroatoms. The summed E-state index contributed by atoms with van der Waals surface area (Å²) in [5, 5.41) is 6.51. The summed E-state index contributed by atoms with van der Waals surface area (Å²) in [6.07, 6.45) is 0. The topological polar surface area (TPSA) is 45.7 Å². The monoisotopic (exact) mass is 719 g/mol. The van der Waals surface area contributed by atoms with E-state index >= 15 is 0 Å². The largest absolute Gasteiger partial charge is 0.456 e. The zero-order valence-electron chi connectivity index (χ0n) is 30.2. The third-order valence-corrected chi connectivity index (χ3v) is 10.6. The fraction of sp³-hybridized carbons (Fsp3) is 0. The number of para-hydroxylation sites is 4. The van der Waals surface area contributed by atoms with Gasteiger partial charge in [0, 0.05) is 67.3 Å². The van der Waals surface area contributed by atoms with Crippen molar-refractivity contribution in [1.29, 1.82) is 0 Å². The normalized spacial score (nSPS) is 11.6. The summed E-state index contributed by atoms with van der Waals surface area (Å²) in [4.78, 5) is 9.75. The van der Waals surface area contributed by atoms with Gasteiger partial charge in [0.1, 0.15) is 16.7 Å². The molecule has 2 heterocycles. The van der Waals surface area contributed by atoms with Crippen LogP contribution < -0.4 is 9.80 Å². The van der Waals surface area contributed by atoms with Gasteiger partial charge in [-0.25, -0.2) is 4.98 Å². The molecule has 11 rings (SSSR count). The van der Waals surface area contributed by atoms with Crippen LogP contribution in [0, 0.1) is 0 Å². The molecule has 2 aromatic heterocycles. The van der Waals surface area contributed by atoms with Crippen LogP contribution in [0.15, 0.2) is 209 Å². The SMILES string of the molecule is c1ccc(N(c2cccc(-c3nc4c5ccccc5c5cc(N(c6ccccc6)c6ccccc6)ccc5c4o3)c2)c2ccc3c(c2)oc2ccccc23)cc1. The second kappa shape index (κ2) is 13.0. The van der Waals surface area contributed by atoms with E-state index in [2.05, 4.69) is 186 Å². The molecular weight excluding hydrogens is 687 g/mol. The molecule has 0 unspecified atom stereocenters. The van der Waals surface area contributed by atoms with Gasteiger partial charge in [0.15, 0.2) is 5.58 Å². The Hall–Kier alpha value is -7.63. The van der Waals surface area contributed by atoms with E-state index in [4.69, 9.17) is 13.8 Å². The summed E-state index contributed by atoms with van der Waals surface area (Å²) in [5.41, 5.74) is 10.5. The van der Waals surface area contributed by atoms with Crippen LogP contribution in [0.4, 0.5) is 34.1 Å². The van der Waals surface area contributed by atoms with Crippen LogP contribution in [-0.2, 0) is 0 Å². The number of nitrogens with zero attached hydrogens (tertiary/aromatic N) is 3. The Kier molecular flexibility index (Phi) is 7.42. The molecule has 0 saturated heterocycles. The van der Waals surface area contributed by atoms with Crippen molar-refractivity contribution in [2.75, 3.05) is 9.80 Å². The molecule has 0 radical (unpaired) electrons. The van der Waals surface area contributed by atoms with E-state index < -0.39 is 0 Å². The number of aromatic nitrogens is 1. The number of rotatable bonds is 7. The van der Waals surface area contributed by atoms with E-state index in [0.29, 0.717) is 5.89 Å². The first kappa shape index (κ1) is 31.9. The van der Waals surface area contributed by atoms with Gasteiger partial charge in [0.05, 0.1) is 0 Å². The maximum Gasteiger partial charge on any atom is 0.227 e. The lowest BCUT2D eigenvalue weighted by molar-refractivity contribution is 0.623. The van der Waals surface area contributed by atoms with Crippen molar-refractivity contribution in [3.05, 3.63) is 200 Å². The third-order valence-electron chi connectivity index (χ3n) is 10.6. The van der Waals surface area contributed by atoms with Gasteiger partial charge in [-0.05, 0) is 102 Å². The summed E-state index contributed by atoms with van der Waals surface area (Å²) < 4.78 is 13.1. The van der Waals surface area contributed by atoms with Gasteiger partial charge in [-0.1, -0.05) is 103 Å². The van der Waals surface area contributed by atoms with E-state index in [0.717, 1.165) is 94.3 Å². The first-order valence-corrected chi connectivity index (χ1v) is 18.8. The van der Waals surface area contributed by atoms with Crippen LogP contribution >= 0.6 is 0 Å². The van der Waals surface area contributed by atoms with E-state index in [1.165, 1.54) is 0 Å². The Balaban J connectivity index is 1.06. The first-order chi connectivity index (χ1) is 27.8. The van der Waals surface area contributed by atoms with Crippen LogP contribution in [0.1, 0.15) is 0 Å². The summed E-state index contributed by atoms with van der Waals surface area (Å²) >= 11 is 0. The first-order valence-electron chi connectivity index (χ1n) is 18.8. The number of hydrogen-bond donors (Lipinski definition) is 0. The summed E-state index contributed by atoms with van der Waals surface area (Å²) in [6.45, 7) is 0. The zero-order chi connectivity index (χ0) is 37.0. The fourth-order valence-electron chi connectivity index (χ4n) is 8.08. The van der Waals surface area contributed by atoms with Gasteiger partial charge in [-0.3, -0.25) is 0 Å². The molecule has 0 fully saturated rings. The minimum absolute atomic E-state index is 0.569.